The van der Waals surface area contributed by atoms with Crippen LogP contribution in [0.2, 0.25) is 0 Å². The van der Waals surface area contributed by atoms with Gasteiger partial charge in [-0.2, -0.15) is 0 Å². The van der Waals surface area contributed by atoms with Gasteiger partial charge in [-0.05, 0) is 13.8 Å². The fourth-order valence-electron chi connectivity index (χ4n) is 0.196. The maximum absolute atomic E-state index is 3.87. The molecule has 0 rings (SSSR count). The van der Waals surface area contributed by atoms with E-state index in [1.165, 1.54) is 12.5 Å². The Hall–Kier alpha value is -0.920. The van der Waals surface area contributed by atoms with Crippen molar-refractivity contribution < 1.29 is 0 Å². The summed E-state index contributed by atoms with van der Waals surface area (Å²) in [6.07, 6.45) is 2.93. The average molecular weight is 110 g/mol. The van der Waals surface area contributed by atoms with E-state index in [2.05, 4.69) is 16.6 Å². The van der Waals surface area contributed by atoms with Crippen LogP contribution >= 0.6 is 0 Å². The second kappa shape index (κ2) is 4.24. The summed E-state index contributed by atoms with van der Waals surface area (Å²) in [6.45, 7) is 7.21. The van der Waals surface area contributed by atoms with Crippen molar-refractivity contribution in [1.82, 2.24) is 0 Å². The standard InChI is InChI=1S/C6H10N2/c1-4-7-5-8-6(2)3/h4-5H,1H2,2-3H3/b7-5-. The molecule has 0 radical (unpaired) electrons. The largest absolute Gasteiger partial charge is 0.246 e. The Morgan fingerprint density at radius 2 is 2.12 bits per heavy atom. The predicted octanol–water partition coefficient (Wildman–Crippen LogP) is 1.64. The minimum Gasteiger partial charge on any atom is -0.246 e. The first-order valence-corrected chi connectivity index (χ1v) is 2.41. The van der Waals surface area contributed by atoms with Gasteiger partial charge in [-0.3, -0.25) is 0 Å². The van der Waals surface area contributed by atoms with E-state index in [-0.39, 0.29) is 0 Å². The Labute approximate surface area is 49.7 Å². The van der Waals surface area contributed by atoms with Crippen LogP contribution in [0, 0.1) is 0 Å². The van der Waals surface area contributed by atoms with Crippen LogP contribution in [0.4, 0.5) is 0 Å². The number of aliphatic imine (C=N–C) groups is 2. The summed E-state index contributed by atoms with van der Waals surface area (Å²) < 4.78 is 0. The van der Waals surface area contributed by atoms with E-state index >= 15 is 0 Å². The zero-order valence-corrected chi connectivity index (χ0v) is 5.26. The van der Waals surface area contributed by atoms with Crippen molar-refractivity contribution in [2.24, 2.45) is 9.98 Å². The highest BCUT2D eigenvalue weighted by Gasteiger charge is 1.68. The fraction of sp³-hybridized carbons (Fsp3) is 0.333. The van der Waals surface area contributed by atoms with Crippen LogP contribution in [0.25, 0.3) is 0 Å². The molecule has 0 heterocycles. The molecule has 0 aliphatic heterocycles. The lowest BCUT2D eigenvalue weighted by Gasteiger charge is -1.78. The first-order chi connectivity index (χ1) is 3.77. The molecule has 0 aromatic rings. The van der Waals surface area contributed by atoms with E-state index in [4.69, 9.17) is 0 Å². The van der Waals surface area contributed by atoms with Crippen molar-refractivity contribution in [2.75, 3.05) is 0 Å². The lowest BCUT2D eigenvalue weighted by atomic mass is 10.5. The number of hydrogen-bond acceptors (Lipinski definition) is 1. The van der Waals surface area contributed by atoms with Gasteiger partial charge in [0.25, 0.3) is 0 Å². The number of rotatable bonds is 2. The molecule has 44 valence electrons. The van der Waals surface area contributed by atoms with Crippen LogP contribution in [-0.2, 0) is 0 Å². The third kappa shape index (κ3) is 5.08. The van der Waals surface area contributed by atoms with Gasteiger partial charge in [0.1, 0.15) is 6.34 Å². The molecule has 0 fully saturated rings. The third-order valence-corrected chi connectivity index (χ3v) is 0.488. The van der Waals surface area contributed by atoms with E-state index in [1.807, 2.05) is 13.8 Å². The SMILES string of the molecule is C=C/N=C\N=C(C)C. The molecule has 0 atom stereocenters. The van der Waals surface area contributed by atoms with Gasteiger partial charge in [-0.1, -0.05) is 6.58 Å². The summed E-state index contributed by atoms with van der Waals surface area (Å²) >= 11 is 0. The molecule has 0 saturated heterocycles. The van der Waals surface area contributed by atoms with Crippen LogP contribution in [0.5, 0.6) is 0 Å². The van der Waals surface area contributed by atoms with Crippen LogP contribution in [0.3, 0.4) is 0 Å². The second-order valence-corrected chi connectivity index (χ2v) is 1.52. The monoisotopic (exact) mass is 110 g/mol. The molecule has 0 unspecified atom stereocenters. The van der Waals surface area contributed by atoms with Gasteiger partial charge in [0, 0.05) is 11.9 Å². The smallest absolute Gasteiger partial charge is 0.115 e. The van der Waals surface area contributed by atoms with Crippen molar-refractivity contribution >= 4 is 12.1 Å². The summed E-state index contributed by atoms with van der Waals surface area (Å²) in [5.74, 6) is 0. The van der Waals surface area contributed by atoms with Gasteiger partial charge in [0.15, 0.2) is 0 Å². The van der Waals surface area contributed by atoms with Crippen LogP contribution in [0.1, 0.15) is 13.8 Å². The van der Waals surface area contributed by atoms with Crippen LogP contribution in [-0.4, -0.2) is 12.1 Å². The minimum absolute atomic E-state index is 0.996. The molecule has 0 N–H and O–H groups in total. The van der Waals surface area contributed by atoms with Crippen molar-refractivity contribution in [3.05, 3.63) is 12.8 Å². The zero-order valence-electron chi connectivity index (χ0n) is 5.26. The molecule has 0 amide bonds. The first-order valence-electron chi connectivity index (χ1n) is 2.41. The summed E-state index contributed by atoms with van der Waals surface area (Å²) in [4.78, 5) is 7.53. The average Bonchev–Trinajstić information content (AvgIpc) is 1.66. The third-order valence-electron chi connectivity index (χ3n) is 0.488. The predicted molar refractivity (Wildman–Crippen MR) is 37.5 cm³/mol. The van der Waals surface area contributed by atoms with Gasteiger partial charge < -0.3 is 0 Å². The molecule has 0 aromatic carbocycles. The van der Waals surface area contributed by atoms with Crippen LogP contribution in [0.15, 0.2) is 22.8 Å². The minimum atomic E-state index is 0.996. The van der Waals surface area contributed by atoms with Gasteiger partial charge >= 0.3 is 0 Å². The van der Waals surface area contributed by atoms with E-state index in [0.717, 1.165) is 5.71 Å². The van der Waals surface area contributed by atoms with Gasteiger partial charge in [0.05, 0.1) is 0 Å². The normalized spacial score (nSPS) is 9.25. The highest BCUT2D eigenvalue weighted by atomic mass is 14.8. The van der Waals surface area contributed by atoms with Gasteiger partial charge in [0.2, 0.25) is 0 Å². The molecule has 0 aromatic heterocycles. The fourth-order valence-corrected chi connectivity index (χ4v) is 0.196. The molecule has 2 nitrogen and oxygen atoms in total. The Morgan fingerprint density at radius 1 is 1.50 bits per heavy atom. The van der Waals surface area contributed by atoms with Gasteiger partial charge in [-0.15, -0.1) is 0 Å². The molecule has 8 heavy (non-hydrogen) atoms. The number of nitrogens with zero attached hydrogens (tertiary/aromatic N) is 2. The maximum atomic E-state index is 3.87. The number of hydrogen-bond donors (Lipinski definition) is 0. The molecule has 0 spiro atoms. The summed E-state index contributed by atoms with van der Waals surface area (Å²) in [7, 11) is 0. The summed E-state index contributed by atoms with van der Waals surface area (Å²) in [5, 5.41) is 0. The lowest BCUT2D eigenvalue weighted by Crippen LogP contribution is -1.78. The highest BCUT2D eigenvalue weighted by Crippen LogP contribution is 1.70. The molecule has 0 bridgehead atoms. The Balaban J connectivity index is 3.57. The van der Waals surface area contributed by atoms with E-state index in [1.54, 1.807) is 0 Å². The Kier molecular flexibility index (Phi) is 3.76. The lowest BCUT2D eigenvalue weighted by molar-refractivity contribution is 1.54. The van der Waals surface area contributed by atoms with Crippen molar-refractivity contribution in [2.45, 2.75) is 13.8 Å². The quantitative estimate of drug-likeness (QED) is 0.381. The molecule has 0 saturated carbocycles. The molecular weight excluding hydrogens is 100 g/mol. The van der Waals surface area contributed by atoms with Crippen LogP contribution < -0.4 is 0 Å². The highest BCUT2D eigenvalue weighted by molar-refractivity contribution is 5.86. The topological polar surface area (TPSA) is 24.7 Å². The Morgan fingerprint density at radius 3 is 2.50 bits per heavy atom. The molecule has 0 aliphatic carbocycles. The van der Waals surface area contributed by atoms with Crippen molar-refractivity contribution in [3.8, 4) is 0 Å². The van der Waals surface area contributed by atoms with Gasteiger partial charge in [-0.25, -0.2) is 9.98 Å². The molecular formula is C6H10N2. The molecule has 2 heteroatoms. The Bertz CT molecular complexity index is 118. The summed E-state index contributed by atoms with van der Waals surface area (Å²) in [6, 6.07) is 0. The van der Waals surface area contributed by atoms with E-state index in [0.29, 0.717) is 0 Å². The zero-order chi connectivity index (χ0) is 6.41. The summed E-state index contributed by atoms with van der Waals surface area (Å²) in [5.41, 5.74) is 0.996. The first kappa shape index (κ1) is 7.08. The van der Waals surface area contributed by atoms with Crippen molar-refractivity contribution in [1.29, 1.82) is 0 Å². The molecule has 0 aliphatic rings. The second-order valence-electron chi connectivity index (χ2n) is 1.52. The maximum Gasteiger partial charge on any atom is 0.115 e. The van der Waals surface area contributed by atoms with E-state index in [9.17, 15) is 0 Å². The van der Waals surface area contributed by atoms with Crippen molar-refractivity contribution in [3.63, 3.8) is 0 Å². The van der Waals surface area contributed by atoms with E-state index < -0.39 is 0 Å².